The van der Waals surface area contributed by atoms with Crippen molar-refractivity contribution >= 4 is 43.6 Å². The summed E-state index contributed by atoms with van der Waals surface area (Å²) in [6.07, 6.45) is 0. The second-order valence-electron chi connectivity index (χ2n) is 6.77. The molecule has 0 aliphatic rings. The van der Waals surface area contributed by atoms with Crippen LogP contribution in [-0.2, 0) is 14.8 Å². The molecule has 0 radical (unpaired) electrons. The van der Waals surface area contributed by atoms with Crippen LogP contribution in [-0.4, -0.2) is 39.3 Å². The van der Waals surface area contributed by atoms with Crippen LogP contribution in [0.2, 0.25) is 0 Å². The molecule has 0 spiro atoms. The van der Waals surface area contributed by atoms with Gasteiger partial charge in [0.15, 0.2) is 0 Å². The lowest BCUT2D eigenvalue weighted by Gasteiger charge is -2.17. The Hall–Kier alpha value is -3.36. The Morgan fingerprint density at radius 2 is 1.70 bits per heavy atom. The number of sulfonamides is 1. The van der Waals surface area contributed by atoms with E-state index in [0.717, 1.165) is 20.7 Å². The van der Waals surface area contributed by atoms with E-state index in [9.17, 15) is 13.2 Å². The number of nitrogens with one attached hydrogen (secondary N) is 1. The lowest BCUT2D eigenvalue weighted by molar-refractivity contribution is -0.116. The first-order valence-electron chi connectivity index (χ1n) is 9.20. The van der Waals surface area contributed by atoms with Gasteiger partial charge in [-0.2, -0.15) is 4.31 Å². The van der Waals surface area contributed by atoms with Crippen LogP contribution < -0.4 is 10.1 Å². The van der Waals surface area contributed by atoms with Gasteiger partial charge in [-0.3, -0.25) is 4.79 Å². The molecule has 1 N–H and O–H groups in total. The number of hydrogen-bond donors (Lipinski definition) is 1. The van der Waals surface area contributed by atoms with Crippen LogP contribution in [0, 0.1) is 0 Å². The van der Waals surface area contributed by atoms with Gasteiger partial charge in [-0.15, -0.1) is 0 Å². The number of likely N-dealkylation sites (N-methyl/N-ethyl adjacent to an activating group) is 1. The molecular formula is C22H20N2O5S. The lowest BCUT2D eigenvalue weighted by Crippen LogP contribution is -2.35. The van der Waals surface area contributed by atoms with Gasteiger partial charge in [0.1, 0.15) is 16.9 Å². The standard InChI is InChI=1S/C22H20N2O5S/c1-24(30(26,27)15-8-4-3-5-9-15)14-22(25)23-18-13-20-17(12-21(18)28-2)16-10-6-7-11-19(16)29-20/h3-13H,14H2,1-2H3,(H,23,25). The molecule has 8 heteroatoms. The molecule has 30 heavy (non-hydrogen) atoms. The van der Waals surface area contributed by atoms with E-state index in [4.69, 9.17) is 9.15 Å². The molecule has 7 nitrogen and oxygen atoms in total. The Bertz CT molecular complexity index is 1330. The van der Waals surface area contributed by atoms with Crippen LogP contribution in [0.4, 0.5) is 5.69 Å². The third-order valence-electron chi connectivity index (χ3n) is 4.79. The van der Waals surface area contributed by atoms with E-state index in [1.165, 1.54) is 26.3 Å². The number of amides is 1. The fourth-order valence-electron chi connectivity index (χ4n) is 3.27. The summed E-state index contributed by atoms with van der Waals surface area (Å²) in [6.45, 7) is -0.349. The highest BCUT2D eigenvalue weighted by Crippen LogP contribution is 2.36. The van der Waals surface area contributed by atoms with Gasteiger partial charge in [-0.05, 0) is 24.3 Å². The van der Waals surface area contributed by atoms with Crippen LogP contribution in [0.5, 0.6) is 5.75 Å². The van der Waals surface area contributed by atoms with Gasteiger partial charge in [0, 0.05) is 23.9 Å². The molecule has 0 atom stereocenters. The Morgan fingerprint density at radius 3 is 2.43 bits per heavy atom. The van der Waals surface area contributed by atoms with Crippen LogP contribution in [0.15, 0.2) is 76.0 Å². The highest BCUT2D eigenvalue weighted by Gasteiger charge is 2.23. The Balaban J connectivity index is 1.59. The van der Waals surface area contributed by atoms with Gasteiger partial charge in [-0.25, -0.2) is 8.42 Å². The van der Waals surface area contributed by atoms with Crippen LogP contribution in [0.25, 0.3) is 21.9 Å². The predicted molar refractivity (Wildman–Crippen MR) is 115 cm³/mol. The maximum absolute atomic E-state index is 12.6. The van der Waals surface area contributed by atoms with Crippen LogP contribution >= 0.6 is 0 Å². The third-order valence-corrected chi connectivity index (χ3v) is 6.61. The summed E-state index contributed by atoms with van der Waals surface area (Å²) in [6, 6.07) is 19.1. The Kier molecular flexibility index (Phi) is 5.19. The smallest absolute Gasteiger partial charge is 0.243 e. The second-order valence-corrected chi connectivity index (χ2v) is 8.81. The topological polar surface area (TPSA) is 88.9 Å². The van der Waals surface area contributed by atoms with Crippen molar-refractivity contribution in [3.63, 3.8) is 0 Å². The largest absolute Gasteiger partial charge is 0.495 e. The minimum atomic E-state index is -3.77. The average Bonchev–Trinajstić information content (AvgIpc) is 3.11. The monoisotopic (exact) mass is 424 g/mol. The zero-order valence-electron chi connectivity index (χ0n) is 16.5. The highest BCUT2D eigenvalue weighted by atomic mass is 32.2. The molecule has 0 aliphatic carbocycles. The number of furan rings is 1. The molecule has 1 aromatic heterocycles. The van der Waals surface area contributed by atoms with E-state index in [-0.39, 0.29) is 11.4 Å². The number of fused-ring (bicyclic) bond motifs is 3. The van der Waals surface area contributed by atoms with Gasteiger partial charge in [0.2, 0.25) is 15.9 Å². The van der Waals surface area contributed by atoms with Crippen molar-refractivity contribution in [1.82, 2.24) is 4.31 Å². The van der Waals surface area contributed by atoms with Gasteiger partial charge in [-0.1, -0.05) is 36.4 Å². The molecule has 0 unspecified atom stereocenters. The van der Waals surface area contributed by atoms with Crippen molar-refractivity contribution in [3.8, 4) is 5.75 Å². The van der Waals surface area contributed by atoms with E-state index in [0.29, 0.717) is 17.0 Å². The molecular weight excluding hydrogens is 404 g/mol. The molecule has 1 amide bonds. The fraction of sp³-hybridized carbons (Fsp3) is 0.136. The summed E-state index contributed by atoms with van der Waals surface area (Å²) in [5, 5.41) is 4.53. The van der Waals surface area contributed by atoms with Gasteiger partial charge < -0.3 is 14.5 Å². The van der Waals surface area contributed by atoms with Crippen molar-refractivity contribution in [2.75, 3.05) is 26.0 Å². The maximum Gasteiger partial charge on any atom is 0.243 e. The summed E-state index contributed by atoms with van der Waals surface area (Å²) < 4.78 is 37.5. The minimum absolute atomic E-state index is 0.126. The maximum atomic E-state index is 12.6. The van der Waals surface area contributed by atoms with E-state index < -0.39 is 15.9 Å². The molecule has 1 heterocycles. The van der Waals surface area contributed by atoms with Crippen LogP contribution in [0.3, 0.4) is 0 Å². The number of carbonyl (C=O) groups excluding carboxylic acids is 1. The summed E-state index contributed by atoms with van der Waals surface area (Å²) in [5.74, 6) is -0.0401. The number of nitrogens with zero attached hydrogens (tertiary/aromatic N) is 1. The molecule has 0 aliphatic heterocycles. The zero-order valence-corrected chi connectivity index (χ0v) is 17.3. The van der Waals surface area contributed by atoms with E-state index in [1.807, 2.05) is 24.3 Å². The van der Waals surface area contributed by atoms with Gasteiger partial charge >= 0.3 is 0 Å². The number of benzene rings is 3. The second kappa shape index (κ2) is 7.81. The highest BCUT2D eigenvalue weighted by molar-refractivity contribution is 7.89. The SMILES string of the molecule is COc1cc2c(cc1NC(=O)CN(C)S(=O)(=O)c1ccccc1)oc1ccccc12. The molecule has 0 saturated carbocycles. The summed E-state index contributed by atoms with van der Waals surface area (Å²) >= 11 is 0. The van der Waals surface area contributed by atoms with E-state index in [1.54, 1.807) is 30.3 Å². The molecule has 154 valence electrons. The first-order valence-corrected chi connectivity index (χ1v) is 10.6. The predicted octanol–water partition coefficient (Wildman–Crippen LogP) is 3.85. The number of para-hydroxylation sites is 1. The average molecular weight is 424 g/mol. The molecule has 0 fully saturated rings. The number of anilines is 1. The van der Waals surface area contributed by atoms with Crippen molar-refractivity contribution in [1.29, 1.82) is 0 Å². The molecule has 4 aromatic rings. The van der Waals surface area contributed by atoms with E-state index >= 15 is 0 Å². The fourth-order valence-corrected chi connectivity index (χ4v) is 4.42. The van der Waals surface area contributed by atoms with Gasteiger partial charge in [0.25, 0.3) is 0 Å². The summed E-state index contributed by atoms with van der Waals surface area (Å²) in [4.78, 5) is 12.7. The molecule has 0 bridgehead atoms. The number of rotatable bonds is 6. The Morgan fingerprint density at radius 1 is 1.00 bits per heavy atom. The summed E-state index contributed by atoms with van der Waals surface area (Å²) in [7, 11) is -0.904. The third kappa shape index (κ3) is 3.62. The van der Waals surface area contributed by atoms with E-state index in [2.05, 4.69) is 5.32 Å². The van der Waals surface area contributed by atoms with Crippen LogP contribution in [0.1, 0.15) is 0 Å². The summed E-state index contributed by atoms with van der Waals surface area (Å²) in [5.41, 5.74) is 1.73. The van der Waals surface area contributed by atoms with Gasteiger partial charge in [0.05, 0.1) is 24.2 Å². The quantitative estimate of drug-likeness (QED) is 0.508. The first kappa shape index (κ1) is 19.9. The van der Waals surface area contributed by atoms with Crippen molar-refractivity contribution in [2.24, 2.45) is 0 Å². The Labute approximate surface area is 173 Å². The molecule has 0 saturated heterocycles. The minimum Gasteiger partial charge on any atom is -0.495 e. The number of methoxy groups -OCH3 is 1. The lowest BCUT2D eigenvalue weighted by atomic mass is 10.1. The zero-order chi connectivity index (χ0) is 21.3. The number of carbonyl (C=O) groups is 1. The normalized spacial score (nSPS) is 11.8. The van der Waals surface area contributed by atoms with Crippen molar-refractivity contribution < 1.29 is 22.4 Å². The molecule has 4 rings (SSSR count). The first-order chi connectivity index (χ1) is 14.4. The van der Waals surface area contributed by atoms with Crippen molar-refractivity contribution in [2.45, 2.75) is 4.90 Å². The number of ether oxygens (including phenoxy) is 1. The van der Waals surface area contributed by atoms with Crippen molar-refractivity contribution in [3.05, 3.63) is 66.7 Å². The number of hydrogen-bond acceptors (Lipinski definition) is 5. The molecule has 3 aromatic carbocycles.